The number of rotatable bonds is 10. The number of carbonyl (C=O) groups excluding carboxylic acids is 2. The summed E-state index contributed by atoms with van der Waals surface area (Å²) < 4.78 is 0. The van der Waals surface area contributed by atoms with E-state index >= 15 is 0 Å². The summed E-state index contributed by atoms with van der Waals surface area (Å²) >= 11 is 0. The molecule has 1 heterocycles. The Balaban J connectivity index is 0.00000364. The van der Waals surface area contributed by atoms with E-state index in [2.05, 4.69) is 26.2 Å². The third-order valence-electron chi connectivity index (χ3n) is 5.27. The molecule has 27 heavy (non-hydrogen) atoms. The van der Waals surface area contributed by atoms with Crippen molar-refractivity contribution in [3.8, 4) is 0 Å². The SMILES string of the molecule is Cl.O=C(CCCCCNC(=O)NC1CCCCC1)NCCN1CCNCC1. The van der Waals surface area contributed by atoms with Gasteiger partial charge in [0.05, 0.1) is 0 Å². The van der Waals surface area contributed by atoms with Gasteiger partial charge in [0, 0.05) is 58.3 Å². The van der Waals surface area contributed by atoms with E-state index in [1.165, 1.54) is 19.3 Å². The third-order valence-corrected chi connectivity index (χ3v) is 5.27. The molecule has 0 spiro atoms. The van der Waals surface area contributed by atoms with Crippen molar-refractivity contribution in [1.29, 1.82) is 0 Å². The molecule has 1 aliphatic carbocycles. The van der Waals surface area contributed by atoms with Crippen molar-refractivity contribution in [2.24, 2.45) is 0 Å². The molecule has 1 aliphatic heterocycles. The van der Waals surface area contributed by atoms with Crippen LogP contribution in [0, 0.1) is 0 Å². The molecular weight excluding hydrogens is 366 g/mol. The van der Waals surface area contributed by atoms with Crippen LogP contribution >= 0.6 is 12.4 Å². The fraction of sp³-hybridized carbons (Fsp3) is 0.895. The molecule has 158 valence electrons. The number of nitrogens with zero attached hydrogens (tertiary/aromatic N) is 1. The van der Waals surface area contributed by atoms with E-state index in [0.717, 1.165) is 71.4 Å². The fourth-order valence-electron chi connectivity index (χ4n) is 3.65. The van der Waals surface area contributed by atoms with Crippen LogP contribution in [0.5, 0.6) is 0 Å². The van der Waals surface area contributed by atoms with Gasteiger partial charge in [-0.1, -0.05) is 25.7 Å². The second-order valence-electron chi connectivity index (χ2n) is 7.49. The molecule has 0 aromatic carbocycles. The summed E-state index contributed by atoms with van der Waals surface area (Å²) in [4.78, 5) is 26.0. The van der Waals surface area contributed by atoms with Gasteiger partial charge < -0.3 is 21.3 Å². The van der Waals surface area contributed by atoms with E-state index in [9.17, 15) is 9.59 Å². The van der Waals surface area contributed by atoms with E-state index in [0.29, 0.717) is 19.0 Å². The minimum Gasteiger partial charge on any atom is -0.355 e. The lowest BCUT2D eigenvalue weighted by molar-refractivity contribution is -0.121. The van der Waals surface area contributed by atoms with E-state index in [1.807, 2.05) is 0 Å². The molecule has 0 unspecified atom stereocenters. The lowest BCUT2D eigenvalue weighted by Crippen LogP contribution is -2.46. The zero-order chi connectivity index (χ0) is 18.5. The zero-order valence-electron chi connectivity index (χ0n) is 16.6. The number of hydrogen-bond donors (Lipinski definition) is 4. The standard InChI is InChI=1S/C19H37N5O2.ClH/c25-18(21-13-16-24-14-11-20-12-15-24)9-5-2-6-10-22-19(26)23-17-7-3-1-4-8-17;/h17,20H,1-16H2,(H,21,25)(H2,22,23,26);1H. The van der Waals surface area contributed by atoms with Gasteiger partial charge in [-0.3, -0.25) is 9.69 Å². The Kier molecular flexibility index (Phi) is 13.3. The highest BCUT2D eigenvalue weighted by Gasteiger charge is 2.15. The van der Waals surface area contributed by atoms with Crippen molar-refractivity contribution in [3.63, 3.8) is 0 Å². The Bertz CT molecular complexity index is 413. The Morgan fingerprint density at radius 1 is 0.926 bits per heavy atom. The molecule has 8 heteroatoms. The van der Waals surface area contributed by atoms with Gasteiger partial charge in [-0.05, 0) is 25.7 Å². The van der Waals surface area contributed by atoms with Crippen molar-refractivity contribution in [2.45, 2.75) is 63.8 Å². The maximum Gasteiger partial charge on any atom is 0.315 e. The normalized spacial score (nSPS) is 18.4. The number of halogens is 1. The molecule has 4 N–H and O–H groups in total. The highest BCUT2D eigenvalue weighted by Crippen LogP contribution is 2.17. The largest absolute Gasteiger partial charge is 0.355 e. The van der Waals surface area contributed by atoms with Crippen LogP contribution in [0.25, 0.3) is 0 Å². The first-order valence-corrected chi connectivity index (χ1v) is 10.5. The summed E-state index contributed by atoms with van der Waals surface area (Å²) in [5.41, 5.74) is 0. The molecule has 0 atom stereocenters. The molecule has 0 aromatic heterocycles. The highest BCUT2D eigenvalue weighted by molar-refractivity contribution is 5.85. The quantitative estimate of drug-likeness (QED) is 0.417. The van der Waals surface area contributed by atoms with Crippen LogP contribution in [0.3, 0.4) is 0 Å². The summed E-state index contributed by atoms with van der Waals surface area (Å²) in [6.07, 6.45) is 9.31. The summed E-state index contributed by atoms with van der Waals surface area (Å²) in [5, 5.41) is 12.3. The first-order valence-electron chi connectivity index (χ1n) is 10.5. The summed E-state index contributed by atoms with van der Waals surface area (Å²) in [6.45, 7) is 6.58. The lowest BCUT2D eigenvalue weighted by atomic mass is 9.96. The van der Waals surface area contributed by atoms with Gasteiger partial charge in [0.1, 0.15) is 0 Å². The number of unbranched alkanes of at least 4 members (excludes halogenated alkanes) is 2. The number of hydrogen-bond acceptors (Lipinski definition) is 4. The Morgan fingerprint density at radius 2 is 1.67 bits per heavy atom. The number of carbonyl (C=O) groups is 2. The maximum absolute atomic E-state index is 11.8. The van der Waals surface area contributed by atoms with E-state index in [4.69, 9.17) is 0 Å². The summed E-state index contributed by atoms with van der Waals surface area (Å²) in [6, 6.07) is 0.316. The van der Waals surface area contributed by atoms with Crippen molar-refractivity contribution in [3.05, 3.63) is 0 Å². The molecule has 1 saturated heterocycles. The highest BCUT2D eigenvalue weighted by atomic mass is 35.5. The topological polar surface area (TPSA) is 85.5 Å². The average Bonchev–Trinajstić information content (AvgIpc) is 2.66. The number of piperazine rings is 1. The molecule has 0 aromatic rings. The molecule has 7 nitrogen and oxygen atoms in total. The Labute approximate surface area is 170 Å². The van der Waals surface area contributed by atoms with Crippen LogP contribution in [-0.4, -0.2) is 68.7 Å². The predicted octanol–water partition coefficient (Wildman–Crippen LogP) is 1.62. The van der Waals surface area contributed by atoms with Crippen molar-refractivity contribution < 1.29 is 9.59 Å². The van der Waals surface area contributed by atoms with Crippen LogP contribution in [0.15, 0.2) is 0 Å². The van der Waals surface area contributed by atoms with Gasteiger partial charge in [-0.2, -0.15) is 0 Å². The molecule has 0 bridgehead atoms. The van der Waals surface area contributed by atoms with Gasteiger partial charge in [-0.25, -0.2) is 4.79 Å². The molecule has 0 radical (unpaired) electrons. The van der Waals surface area contributed by atoms with Crippen LogP contribution in [-0.2, 0) is 4.79 Å². The summed E-state index contributed by atoms with van der Waals surface area (Å²) in [7, 11) is 0. The van der Waals surface area contributed by atoms with Crippen molar-refractivity contribution in [2.75, 3.05) is 45.8 Å². The van der Waals surface area contributed by atoms with Crippen molar-refractivity contribution >= 4 is 24.3 Å². The van der Waals surface area contributed by atoms with E-state index in [-0.39, 0.29) is 24.3 Å². The number of nitrogens with one attached hydrogen (secondary N) is 4. The molecule has 3 amide bonds. The first-order chi connectivity index (χ1) is 12.7. The number of urea groups is 1. The van der Waals surface area contributed by atoms with Crippen molar-refractivity contribution in [1.82, 2.24) is 26.2 Å². The van der Waals surface area contributed by atoms with Gasteiger partial charge in [-0.15, -0.1) is 12.4 Å². The molecule has 2 aliphatic rings. The van der Waals surface area contributed by atoms with Crippen LogP contribution < -0.4 is 21.3 Å². The van der Waals surface area contributed by atoms with Gasteiger partial charge in [0.2, 0.25) is 5.91 Å². The Hall–Kier alpha value is -1.05. The molecule has 1 saturated carbocycles. The second-order valence-corrected chi connectivity index (χ2v) is 7.49. The monoisotopic (exact) mass is 403 g/mol. The smallest absolute Gasteiger partial charge is 0.315 e. The van der Waals surface area contributed by atoms with Crippen LogP contribution in [0.2, 0.25) is 0 Å². The predicted molar refractivity (Wildman–Crippen MR) is 111 cm³/mol. The minimum atomic E-state index is -0.0393. The first kappa shape index (κ1) is 24.0. The average molecular weight is 404 g/mol. The van der Waals surface area contributed by atoms with Gasteiger partial charge in [0.15, 0.2) is 0 Å². The van der Waals surface area contributed by atoms with Gasteiger partial charge in [0.25, 0.3) is 0 Å². The van der Waals surface area contributed by atoms with Gasteiger partial charge >= 0.3 is 6.03 Å². The summed E-state index contributed by atoms with van der Waals surface area (Å²) in [5.74, 6) is 0.142. The third kappa shape index (κ3) is 11.4. The number of amides is 3. The Morgan fingerprint density at radius 3 is 2.41 bits per heavy atom. The fourth-order valence-corrected chi connectivity index (χ4v) is 3.65. The van der Waals surface area contributed by atoms with Crippen LogP contribution in [0.4, 0.5) is 4.79 Å². The molecule has 2 rings (SSSR count). The van der Waals surface area contributed by atoms with E-state index < -0.39 is 0 Å². The molecular formula is C19H38ClN5O2. The molecule has 2 fully saturated rings. The second kappa shape index (κ2) is 14.9. The minimum absolute atomic E-state index is 0. The van der Waals surface area contributed by atoms with E-state index in [1.54, 1.807) is 0 Å². The lowest BCUT2D eigenvalue weighted by Gasteiger charge is -2.27. The maximum atomic E-state index is 11.8. The zero-order valence-corrected chi connectivity index (χ0v) is 17.4. The van der Waals surface area contributed by atoms with Crippen LogP contribution in [0.1, 0.15) is 57.8 Å².